The highest BCUT2D eigenvalue weighted by Gasteiger charge is 2.35. The van der Waals surface area contributed by atoms with E-state index in [1.807, 2.05) is 0 Å². The molecule has 0 bridgehead atoms. The minimum absolute atomic E-state index is 0.00988. The second-order valence-electron chi connectivity index (χ2n) is 6.43. The van der Waals surface area contributed by atoms with Gasteiger partial charge in [0.05, 0.1) is 48.7 Å². The molecule has 0 fully saturated rings. The third kappa shape index (κ3) is 4.84. The lowest BCUT2D eigenvalue weighted by Crippen LogP contribution is -2.24. The minimum Gasteiger partial charge on any atom is -0.462 e. The zero-order valence-electron chi connectivity index (χ0n) is 18.3. The standard InChI is InChI=1S/C23H26O8/c1-6-28-20(24)16-14-11-10-13(5)12-15(14)17(21(25)29-7-2)19(23(27)31-9-4)18(16)22(26)30-8-3/h10-12H,6-9H2,1-5H3. The van der Waals surface area contributed by atoms with Crippen molar-refractivity contribution < 1.29 is 38.1 Å². The Labute approximate surface area is 180 Å². The minimum atomic E-state index is -0.943. The number of benzene rings is 2. The zero-order chi connectivity index (χ0) is 23.1. The summed E-state index contributed by atoms with van der Waals surface area (Å²) < 4.78 is 20.6. The van der Waals surface area contributed by atoms with E-state index in [-0.39, 0.29) is 59.5 Å². The first-order valence-corrected chi connectivity index (χ1v) is 10.1. The van der Waals surface area contributed by atoms with E-state index in [9.17, 15) is 19.2 Å². The predicted molar refractivity (Wildman–Crippen MR) is 113 cm³/mol. The van der Waals surface area contributed by atoms with E-state index >= 15 is 0 Å². The molecule has 0 amide bonds. The molecule has 8 nitrogen and oxygen atoms in total. The van der Waals surface area contributed by atoms with Crippen LogP contribution in [-0.4, -0.2) is 50.3 Å². The number of esters is 4. The third-order valence-electron chi connectivity index (χ3n) is 4.38. The number of fused-ring (bicyclic) bond motifs is 1. The van der Waals surface area contributed by atoms with Gasteiger partial charge in [-0.1, -0.05) is 23.8 Å². The Hall–Kier alpha value is -3.42. The monoisotopic (exact) mass is 430 g/mol. The zero-order valence-corrected chi connectivity index (χ0v) is 18.3. The van der Waals surface area contributed by atoms with Gasteiger partial charge in [-0.15, -0.1) is 0 Å². The molecule has 0 atom stereocenters. The molecule has 2 rings (SSSR count). The molecule has 0 aromatic heterocycles. The van der Waals surface area contributed by atoms with Crippen molar-refractivity contribution >= 4 is 34.6 Å². The van der Waals surface area contributed by atoms with Gasteiger partial charge in [-0.25, -0.2) is 19.2 Å². The van der Waals surface area contributed by atoms with Crippen molar-refractivity contribution in [3.63, 3.8) is 0 Å². The van der Waals surface area contributed by atoms with Crippen molar-refractivity contribution in [2.45, 2.75) is 34.6 Å². The largest absolute Gasteiger partial charge is 0.462 e. The van der Waals surface area contributed by atoms with Gasteiger partial charge in [-0.2, -0.15) is 0 Å². The summed E-state index contributed by atoms with van der Waals surface area (Å²) >= 11 is 0. The molecule has 0 saturated carbocycles. The van der Waals surface area contributed by atoms with Gasteiger partial charge in [0.15, 0.2) is 0 Å². The number of hydrogen-bond acceptors (Lipinski definition) is 8. The molecule has 0 unspecified atom stereocenters. The van der Waals surface area contributed by atoms with E-state index in [0.29, 0.717) is 0 Å². The summed E-state index contributed by atoms with van der Waals surface area (Å²) in [4.78, 5) is 51.8. The van der Waals surface area contributed by atoms with E-state index in [1.165, 1.54) is 0 Å². The fourth-order valence-corrected chi connectivity index (χ4v) is 3.25. The van der Waals surface area contributed by atoms with Gasteiger partial charge < -0.3 is 18.9 Å². The first-order valence-electron chi connectivity index (χ1n) is 10.1. The van der Waals surface area contributed by atoms with E-state index < -0.39 is 23.9 Å². The van der Waals surface area contributed by atoms with Crippen LogP contribution in [0.3, 0.4) is 0 Å². The van der Waals surface area contributed by atoms with Gasteiger partial charge in [0.1, 0.15) is 0 Å². The molecule has 31 heavy (non-hydrogen) atoms. The normalized spacial score (nSPS) is 10.5. The quantitative estimate of drug-likeness (QED) is 0.459. The highest BCUT2D eigenvalue weighted by Crippen LogP contribution is 2.34. The molecule has 0 aliphatic carbocycles. The lowest BCUT2D eigenvalue weighted by Gasteiger charge is -2.19. The second-order valence-corrected chi connectivity index (χ2v) is 6.43. The smallest absolute Gasteiger partial charge is 0.339 e. The summed E-state index contributed by atoms with van der Waals surface area (Å²) in [5.74, 6) is -3.52. The van der Waals surface area contributed by atoms with Crippen LogP contribution in [-0.2, 0) is 18.9 Å². The van der Waals surface area contributed by atoms with Crippen molar-refractivity contribution in [2.24, 2.45) is 0 Å². The van der Waals surface area contributed by atoms with Crippen LogP contribution in [0.5, 0.6) is 0 Å². The van der Waals surface area contributed by atoms with Crippen LogP contribution in [0.1, 0.15) is 74.7 Å². The van der Waals surface area contributed by atoms with Gasteiger partial charge in [-0.3, -0.25) is 0 Å². The number of aryl methyl sites for hydroxylation is 1. The molecule has 2 aromatic carbocycles. The maximum atomic E-state index is 13.0. The highest BCUT2D eigenvalue weighted by molar-refractivity contribution is 6.24. The van der Waals surface area contributed by atoms with Crippen LogP contribution >= 0.6 is 0 Å². The Morgan fingerprint density at radius 2 is 0.935 bits per heavy atom. The van der Waals surface area contributed by atoms with Crippen LogP contribution in [0.2, 0.25) is 0 Å². The Kier molecular flexibility index (Phi) is 8.13. The van der Waals surface area contributed by atoms with Crippen molar-refractivity contribution in [1.29, 1.82) is 0 Å². The average molecular weight is 430 g/mol. The van der Waals surface area contributed by atoms with Crippen LogP contribution in [0, 0.1) is 6.92 Å². The van der Waals surface area contributed by atoms with Crippen LogP contribution in [0.25, 0.3) is 10.8 Å². The average Bonchev–Trinajstić information content (AvgIpc) is 2.72. The maximum Gasteiger partial charge on any atom is 0.339 e. The molecule has 166 valence electrons. The lowest BCUT2D eigenvalue weighted by molar-refractivity contribution is 0.0446. The molecule has 0 radical (unpaired) electrons. The summed E-state index contributed by atoms with van der Waals surface area (Å²) in [5.41, 5.74) is -0.300. The summed E-state index contributed by atoms with van der Waals surface area (Å²) in [5, 5.41) is 0.542. The molecular formula is C23H26O8. The van der Waals surface area contributed by atoms with Crippen molar-refractivity contribution in [3.8, 4) is 0 Å². The number of rotatable bonds is 8. The van der Waals surface area contributed by atoms with Crippen LogP contribution in [0.15, 0.2) is 18.2 Å². The summed E-state index contributed by atoms with van der Waals surface area (Å²) in [7, 11) is 0. The Bertz CT molecular complexity index is 1020. The van der Waals surface area contributed by atoms with E-state index in [4.69, 9.17) is 18.9 Å². The van der Waals surface area contributed by atoms with Gasteiger partial charge in [0.25, 0.3) is 0 Å². The molecule has 0 heterocycles. The van der Waals surface area contributed by atoms with Gasteiger partial charge >= 0.3 is 23.9 Å². The number of carbonyl (C=O) groups excluding carboxylic acids is 4. The topological polar surface area (TPSA) is 105 Å². The molecule has 8 heteroatoms. The van der Waals surface area contributed by atoms with Crippen molar-refractivity contribution in [1.82, 2.24) is 0 Å². The Morgan fingerprint density at radius 3 is 1.32 bits per heavy atom. The molecule has 0 aliphatic heterocycles. The number of carbonyl (C=O) groups is 4. The van der Waals surface area contributed by atoms with E-state index in [0.717, 1.165) is 5.56 Å². The summed E-state index contributed by atoms with van der Waals surface area (Å²) in [6, 6.07) is 4.96. The fourth-order valence-electron chi connectivity index (χ4n) is 3.25. The molecular weight excluding hydrogens is 404 g/mol. The van der Waals surface area contributed by atoms with Gasteiger partial charge in [-0.05, 0) is 45.4 Å². The van der Waals surface area contributed by atoms with Gasteiger partial charge in [0.2, 0.25) is 0 Å². The van der Waals surface area contributed by atoms with E-state index in [2.05, 4.69) is 0 Å². The Morgan fingerprint density at radius 1 is 0.581 bits per heavy atom. The lowest BCUT2D eigenvalue weighted by atomic mass is 9.88. The molecule has 0 spiro atoms. The molecule has 0 aliphatic rings. The SMILES string of the molecule is CCOC(=O)c1c(C(=O)OCC)c(C(=O)OCC)c2cc(C)ccc2c1C(=O)OCC. The first kappa shape index (κ1) is 23.9. The molecule has 0 N–H and O–H groups in total. The van der Waals surface area contributed by atoms with Crippen LogP contribution < -0.4 is 0 Å². The predicted octanol–water partition coefficient (Wildman–Crippen LogP) is 3.86. The molecule has 2 aromatic rings. The summed E-state index contributed by atoms with van der Waals surface area (Å²) in [6.45, 7) is 8.27. The van der Waals surface area contributed by atoms with Crippen LogP contribution in [0.4, 0.5) is 0 Å². The van der Waals surface area contributed by atoms with Crippen molar-refractivity contribution in [2.75, 3.05) is 26.4 Å². The summed E-state index contributed by atoms with van der Waals surface area (Å²) in [6.07, 6.45) is 0. The Balaban J connectivity index is 3.15. The van der Waals surface area contributed by atoms with Gasteiger partial charge in [0, 0.05) is 0 Å². The second kappa shape index (κ2) is 10.6. The molecule has 0 saturated heterocycles. The first-order chi connectivity index (χ1) is 14.8. The third-order valence-corrected chi connectivity index (χ3v) is 4.38. The number of hydrogen-bond donors (Lipinski definition) is 0. The van der Waals surface area contributed by atoms with E-state index in [1.54, 1.807) is 52.8 Å². The maximum absolute atomic E-state index is 13.0. The van der Waals surface area contributed by atoms with Crippen molar-refractivity contribution in [3.05, 3.63) is 46.0 Å². The number of ether oxygens (including phenoxy) is 4. The fraction of sp³-hybridized carbons (Fsp3) is 0.391. The highest BCUT2D eigenvalue weighted by atomic mass is 16.5.